The average Bonchev–Trinajstić information content (AvgIpc) is 2.70. The summed E-state index contributed by atoms with van der Waals surface area (Å²) in [6.45, 7) is 0. The second kappa shape index (κ2) is 7.16. The Hall–Kier alpha value is -4.27. The van der Waals surface area contributed by atoms with Crippen LogP contribution in [-0.2, 0) is 0 Å². The molecule has 1 aromatic carbocycles. The van der Waals surface area contributed by atoms with Crippen LogP contribution in [0.15, 0.2) is 77.9 Å². The highest BCUT2D eigenvalue weighted by Crippen LogP contribution is 2.23. The number of fused-ring (bicyclic) bond motifs is 1. The van der Waals surface area contributed by atoms with Gasteiger partial charge in [-0.2, -0.15) is 0 Å². The Morgan fingerprint density at radius 3 is 2.43 bits per heavy atom. The molecule has 0 unspecified atom stereocenters. The molecule has 4 aromatic rings. The van der Waals surface area contributed by atoms with Crippen molar-refractivity contribution < 1.29 is 4.92 Å². The molecule has 2 N–H and O–H groups in total. The molecule has 0 saturated heterocycles. The molecule has 9 heteroatoms. The number of nitrogens with zero attached hydrogens (tertiary/aromatic N) is 4. The van der Waals surface area contributed by atoms with E-state index in [9.17, 15) is 14.9 Å². The van der Waals surface area contributed by atoms with Gasteiger partial charge in [0, 0.05) is 11.9 Å². The monoisotopic (exact) mass is 374 g/mol. The molecule has 4 rings (SSSR count). The summed E-state index contributed by atoms with van der Waals surface area (Å²) in [6.07, 6.45) is 2.94. The van der Waals surface area contributed by atoms with Crippen LogP contribution in [-0.4, -0.2) is 19.3 Å². The van der Waals surface area contributed by atoms with Crippen LogP contribution in [0.5, 0.6) is 0 Å². The maximum Gasteiger partial charge on any atom is 0.376 e. The van der Waals surface area contributed by atoms with Crippen LogP contribution in [0.25, 0.3) is 5.65 Å². The zero-order valence-electron chi connectivity index (χ0n) is 14.4. The molecule has 0 aliphatic heterocycles. The van der Waals surface area contributed by atoms with Gasteiger partial charge >= 0.3 is 11.2 Å². The Labute approximate surface area is 158 Å². The van der Waals surface area contributed by atoms with Crippen molar-refractivity contribution in [1.82, 2.24) is 14.4 Å². The Kier molecular flexibility index (Phi) is 4.38. The topological polar surface area (TPSA) is 114 Å². The lowest BCUT2D eigenvalue weighted by atomic mass is 10.3. The first kappa shape index (κ1) is 17.2. The fraction of sp³-hybridized carbons (Fsp3) is 0. The zero-order valence-corrected chi connectivity index (χ0v) is 14.4. The third-order valence-corrected chi connectivity index (χ3v) is 3.97. The predicted octanol–water partition coefficient (Wildman–Crippen LogP) is 3.48. The van der Waals surface area contributed by atoms with Gasteiger partial charge in [-0.15, -0.1) is 0 Å². The molecule has 3 aromatic heterocycles. The van der Waals surface area contributed by atoms with Gasteiger partial charge in [-0.3, -0.25) is 19.3 Å². The van der Waals surface area contributed by atoms with Gasteiger partial charge in [0.15, 0.2) is 0 Å². The number of benzene rings is 1. The number of pyridine rings is 2. The number of hydrogen-bond acceptors (Lipinski definition) is 7. The van der Waals surface area contributed by atoms with Crippen molar-refractivity contribution in [3.05, 3.63) is 93.5 Å². The van der Waals surface area contributed by atoms with Gasteiger partial charge in [-0.25, -0.2) is 9.97 Å². The van der Waals surface area contributed by atoms with E-state index >= 15 is 0 Å². The molecular formula is C19H14N6O3. The fourth-order valence-corrected chi connectivity index (χ4v) is 2.68. The standard InChI is InChI=1S/C19H14N6O3/c26-19-17(25(27)28)18(23-16-8-4-5-11-24(16)19)22-14-9-10-15(20-12-14)21-13-6-2-1-3-7-13/h1-12,22H,(H,20,21). The van der Waals surface area contributed by atoms with E-state index in [1.807, 2.05) is 30.3 Å². The second-order valence-corrected chi connectivity index (χ2v) is 5.85. The van der Waals surface area contributed by atoms with Crippen LogP contribution in [0.1, 0.15) is 0 Å². The SMILES string of the molecule is O=c1c([N+](=O)[O-])c(Nc2ccc(Nc3ccccc3)nc2)nc2ccccn12. The van der Waals surface area contributed by atoms with Crippen molar-refractivity contribution in [2.45, 2.75) is 0 Å². The maximum atomic E-state index is 12.5. The van der Waals surface area contributed by atoms with Crippen LogP contribution >= 0.6 is 0 Å². The van der Waals surface area contributed by atoms with Crippen molar-refractivity contribution in [3.8, 4) is 0 Å². The Morgan fingerprint density at radius 1 is 0.929 bits per heavy atom. The summed E-state index contributed by atoms with van der Waals surface area (Å²) in [6, 6.07) is 17.8. The lowest BCUT2D eigenvalue weighted by Crippen LogP contribution is -2.20. The molecule has 9 nitrogen and oxygen atoms in total. The van der Waals surface area contributed by atoms with Gasteiger partial charge in [-0.1, -0.05) is 24.3 Å². The summed E-state index contributed by atoms with van der Waals surface area (Å²) in [5.74, 6) is 0.476. The molecular weight excluding hydrogens is 360 g/mol. The van der Waals surface area contributed by atoms with Crippen LogP contribution in [0, 0.1) is 10.1 Å². The van der Waals surface area contributed by atoms with Crippen molar-refractivity contribution in [3.63, 3.8) is 0 Å². The minimum atomic E-state index is -0.756. The number of hydrogen-bond donors (Lipinski definition) is 2. The van der Waals surface area contributed by atoms with E-state index < -0.39 is 16.2 Å². The van der Waals surface area contributed by atoms with Gasteiger partial charge in [0.25, 0.3) is 0 Å². The Morgan fingerprint density at radius 2 is 1.71 bits per heavy atom. The largest absolute Gasteiger partial charge is 0.376 e. The molecule has 0 aliphatic carbocycles. The van der Waals surface area contributed by atoms with Crippen molar-refractivity contribution >= 4 is 34.3 Å². The molecule has 0 radical (unpaired) electrons. The van der Waals surface area contributed by atoms with Crippen molar-refractivity contribution in [2.75, 3.05) is 10.6 Å². The van der Waals surface area contributed by atoms with Crippen molar-refractivity contribution in [1.29, 1.82) is 0 Å². The zero-order chi connectivity index (χ0) is 19.5. The third-order valence-electron chi connectivity index (χ3n) is 3.97. The number of nitro groups is 1. The quantitative estimate of drug-likeness (QED) is 0.406. The highest BCUT2D eigenvalue weighted by atomic mass is 16.6. The number of nitrogens with one attached hydrogen (secondary N) is 2. The molecule has 0 bridgehead atoms. The number of rotatable bonds is 5. The molecule has 3 heterocycles. The second-order valence-electron chi connectivity index (χ2n) is 5.85. The summed E-state index contributed by atoms with van der Waals surface area (Å²) in [7, 11) is 0. The summed E-state index contributed by atoms with van der Waals surface area (Å²) in [5.41, 5.74) is 0.268. The van der Waals surface area contributed by atoms with Crippen LogP contribution in [0.4, 0.5) is 28.7 Å². The highest BCUT2D eigenvalue weighted by Gasteiger charge is 2.23. The molecule has 0 saturated carbocycles. The smallest absolute Gasteiger partial charge is 0.340 e. The predicted molar refractivity (Wildman–Crippen MR) is 105 cm³/mol. The van der Waals surface area contributed by atoms with Gasteiger partial charge in [0.05, 0.1) is 16.8 Å². The van der Waals surface area contributed by atoms with E-state index in [0.29, 0.717) is 17.2 Å². The summed E-state index contributed by atoms with van der Waals surface area (Å²) >= 11 is 0. The van der Waals surface area contributed by atoms with Gasteiger partial charge in [0.1, 0.15) is 11.5 Å². The van der Waals surface area contributed by atoms with Gasteiger partial charge in [-0.05, 0) is 36.4 Å². The minimum Gasteiger partial charge on any atom is -0.340 e. The fourth-order valence-electron chi connectivity index (χ4n) is 2.68. The molecule has 0 atom stereocenters. The lowest BCUT2D eigenvalue weighted by molar-refractivity contribution is -0.385. The van der Waals surface area contributed by atoms with E-state index in [4.69, 9.17) is 0 Å². The molecule has 0 amide bonds. The lowest BCUT2D eigenvalue weighted by Gasteiger charge is -2.09. The summed E-state index contributed by atoms with van der Waals surface area (Å²) < 4.78 is 1.13. The van der Waals surface area contributed by atoms with Crippen LogP contribution in [0.2, 0.25) is 0 Å². The maximum absolute atomic E-state index is 12.5. The average molecular weight is 374 g/mol. The third kappa shape index (κ3) is 3.36. The van der Waals surface area contributed by atoms with Crippen LogP contribution in [0.3, 0.4) is 0 Å². The van der Waals surface area contributed by atoms with Crippen molar-refractivity contribution in [2.24, 2.45) is 0 Å². The first-order valence-corrected chi connectivity index (χ1v) is 8.33. The number of anilines is 4. The van der Waals surface area contributed by atoms with E-state index in [2.05, 4.69) is 20.6 Å². The number of para-hydroxylation sites is 1. The Balaban J connectivity index is 1.65. The van der Waals surface area contributed by atoms with Gasteiger partial charge < -0.3 is 10.6 Å². The minimum absolute atomic E-state index is 0.133. The van der Waals surface area contributed by atoms with Gasteiger partial charge in [0.2, 0.25) is 5.82 Å². The first-order chi connectivity index (χ1) is 13.6. The normalized spacial score (nSPS) is 10.6. The summed E-state index contributed by atoms with van der Waals surface area (Å²) in [4.78, 5) is 31.6. The van der Waals surface area contributed by atoms with E-state index in [-0.39, 0.29) is 5.82 Å². The van der Waals surface area contributed by atoms with E-state index in [0.717, 1.165) is 10.1 Å². The molecule has 28 heavy (non-hydrogen) atoms. The molecule has 138 valence electrons. The van der Waals surface area contributed by atoms with E-state index in [1.165, 1.54) is 12.4 Å². The van der Waals surface area contributed by atoms with Crippen LogP contribution < -0.4 is 16.2 Å². The molecule has 0 aliphatic rings. The highest BCUT2D eigenvalue weighted by molar-refractivity contribution is 5.68. The molecule has 0 spiro atoms. The first-order valence-electron chi connectivity index (χ1n) is 8.33. The number of aromatic nitrogens is 3. The molecule has 0 fully saturated rings. The van der Waals surface area contributed by atoms with E-state index in [1.54, 1.807) is 30.3 Å². The Bertz CT molecular complexity index is 1210. The summed E-state index contributed by atoms with van der Waals surface area (Å²) in [5, 5.41) is 17.4.